The molecule has 0 fully saturated rings. The molecule has 3 aromatic heterocycles. The number of furan rings is 1. The number of amides is 1. The number of ether oxygens (including phenoxy) is 1. The molecular formula is C33H27FN4O5S. The summed E-state index contributed by atoms with van der Waals surface area (Å²) < 4.78 is 56.4. The average Bonchev–Trinajstić information content (AvgIpc) is 3.53. The van der Waals surface area contributed by atoms with Gasteiger partial charge in [-0.15, -0.1) is 0 Å². The number of hydrogen-bond acceptors (Lipinski definition) is 6. The molecule has 0 spiro atoms. The first-order valence-corrected chi connectivity index (χ1v) is 15.7. The summed E-state index contributed by atoms with van der Waals surface area (Å²) in [6, 6.07) is 20.4. The lowest BCUT2D eigenvalue weighted by Crippen LogP contribution is -2.18. The molecule has 3 aromatic carbocycles. The number of imidazole rings is 1. The third-order valence-electron chi connectivity index (χ3n) is 7.81. The first-order chi connectivity index (χ1) is 21.3. The minimum Gasteiger partial charge on any atom is -0.492 e. The van der Waals surface area contributed by atoms with Crippen LogP contribution in [0.25, 0.3) is 50.3 Å². The van der Waals surface area contributed by atoms with Gasteiger partial charge in [-0.2, -0.15) is 0 Å². The molecule has 2 N–H and O–H groups in total. The standard InChI is InChI=1S/C33H27FN4O5S/c1-3-44(40,41)37-25-18-28-23(30(33(39)35-2)32(43-28)19-7-10-21(34)11-8-19)17-22(25)20-9-12-27-24(16-20)31-26(13-15-42-27)38-14-5-4-6-29(38)36-31/h4-12,14,16-18,37H,3,13,15H2,1-2H3,(H,35,39). The molecule has 6 aromatic rings. The maximum atomic E-state index is 13.7. The van der Waals surface area contributed by atoms with Crippen molar-refractivity contribution in [1.82, 2.24) is 14.7 Å². The summed E-state index contributed by atoms with van der Waals surface area (Å²) in [5, 5.41) is 3.13. The van der Waals surface area contributed by atoms with Gasteiger partial charge in [-0.25, -0.2) is 17.8 Å². The number of carbonyl (C=O) groups excluding carboxylic acids is 1. The summed E-state index contributed by atoms with van der Waals surface area (Å²) in [6.45, 7) is 2.03. The number of nitrogens with one attached hydrogen (secondary N) is 2. The van der Waals surface area contributed by atoms with Crippen molar-refractivity contribution in [3.8, 4) is 39.5 Å². The molecule has 11 heteroatoms. The van der Waals surface area contributed by atoms with Gasteiger partial charge in [-0.1, -0.05) is 12.1 Å². The Morgan fingerprint density at radius 2 is 1.82 bits per heavy atom. The van der Waals surface area contributed by atoms with Crippen LogP contribution in [0.3, 0.4) is 0 Å². The number of rotatable bonds is 6. The van der Waals surface area contributed by atoms with Crippen LogP contribution in [0.4, 0.5) is 10.1 Å². The van der Waals surface area contributed by atoms with Crippen LogP contribution in [0.15, 0.2) is 83.4 Å². The maximum absolute atomic E-state index is 13.7. The predicted octanol–water partition coefficient (Wildman–Crippen LogP) is 6.28. The molecule has 222 valence electrons. The van der Waals surface area contributed by atoms with Crippen molar-refractivity contribution >= 4 is 38.2 Å². The molecule has 0 saturated carbocycles. The second-order valence-electron chi connectivity index (χ2n) is 10.4. The molecule has 0 radical (unpaired) electrons. The number of nitrogens with zero attached hydrogens (tertiary/aromatic N) is 2. The highest BCUT2D eigenvalue weighted by Crippen LogP contribution is 2.43. The molecule has 1 aliphatic rings. The lowest BCUT2D eigenvalue weighted by atomic mass is 9.96. The number of aromatic nitrogens is 2. The van der Waals surface area contributed by atoms with Crippen LogP contribution in [0.5, 0.6) is 5.75 Å². The van der Waals surface area contributed by atoms with Crippen LogP contribution in [0.2, 0.25) is 0 Å². The van der Waals surface area contributed by atoms with Crippen molar-refractivity contribution in [3.05, 3.63) is 96.1 Å². The van der Waals surface area contributed by atoms with Gasteiger partial charge in [0.25, 0.3) is 5.91 Å². The first kappa shape index (κ1) is 27.7. The molecule has 1 amide bonds. The van der Waals surface area contributed by atoms with E-state index in [1.54, 1.807) is 19.1 Å². The van der Waals surface area contributed by atoms with Gasteiger partial charge in [0.1, 0.15) is 28.6 Å². The quantitative estimate of drug-likeness (QED) is 0.230. The zero-order valence-electron chi connectivity index (χ0n) is 23.8. The SMILES string of the molecule is CCS(=O)(=O)Nc1cc2oc(-c3ccc(F)cc3)c(C(=O)NC)c2cc1-c1ccc2c(c1)-c1nc3ccccn3c1CCO2. The third-order valence-corrected chi connectivity index (χ3v) is 9.10. The Labute approximate surface area is 252 Å². The van der Waals surface area contributed by atoms with E-state index in [2.05, 4.69) is 10.0 Å². The summed E-state index contributed by atoms with van der Waals surface area (Å²) >= 11 is 0. The Morgan fingerprint density at radius 3 is 2.59 bits per heavy atom. The Morgan fingerprint density at radius 1 is 1.02 bits per heavy atom. The van der Waals surface area contributed by atoms with E-state index in [9.17, 15) is 17.6 Å². The molecule has 0 bridgehead atoms. The summed E-state index contributed by atoms with van der Waals surface area (Å²) in [5.41, 5.74) is 5.93. The van der Waals surface area contributed by atoms with Gasteiger partial charge < -0.3 is 18.9 Å². The second-order valence-corrected chi connectivity index (χ2v) is 12.4. The summed E-state index contributed by atoms with van der Waals surface area (Å²) in [5.74, 6) is -0.0622. The Bertz CT molecular complexity index is 2200. The van der Waals surface area contributed by atoms with Crippen LogP contribution in [0.1, 0.15) is 23.0 Å². The number of fused-ring (bicyclic) bond motifs is 6. The van der Waals surface area contributed by atoms with E-state index in [0.29, 0.717) is 46.4 Å². The maximum Gasteiger partial charge on any atom is 0.255 e. The molecule has 0 aliphatic carbocycles. The molecular weight excluding hydrogens is 583 g/mol. The number of carbonyl (C=O) groups is 1. The second kappa shape index (κ2) is 10.5. The number of benzene rings is 3. The summed E-state index contributed by atoms with van der Waals surface area (Å²) in [4.78, 5) is 18.1. The molecule has 9 nitrogen and oxygen atoms in total. The van der Waals surface area contributed by atoms with Crippen molar-refractivity contribution in [1.29, 1.82) is 0 Å². The largest absolute Gasteiger partial charge is 0.492 e. The van der Waals surface area contributed by atoms with Gasteiger partial charge in [-0.3, -0.25) is 9.52 Å². The van der Waals surface area contributed by atoms with E-state index in [0.717, 1.165) is 22.6 Å². The first-order valence-electron chi connectivity index (χ1n) is 14.1. The molecule has 0 saturated heterocycles. The third kappa shape index (κ3) is 4.65. The topological polar surface area (TPSA) is 115 Å². The highest BCUT2D eigenvalue weighted by atomic mass is 32.2. The minimum atomic E-state index is -3.70. The number of anilines is 1. The molecule has 44 heavy (non-hydrogen) atoms. The van der Waals surface area contributed by atoms with Gasteiger partial charge >= 0.3 is 0 Å². The average molecular weight is 611 g/mol. The van der Waals surface area contributed by atoms with Crippen molar-refractivity contribution in [2.45, 2.75) is 13.3 Å². The number of sulfonamides is 1. The van der Waals surface area contributed by atoms with Gasteiger partial charge in [0.2, 0.25) is 10.0 Å². The monoisotopic (exact) mass is 610 g/mol. The number of hydrogen-bond donors (Lipinski definition) is 2. The van der Waals surface area contributed by atoms with E-state index >= 15 is 0 Å². The van der Waals surface area contributed by atoms with Gasteiger partial charge in [-0.05, 0) is 67.1 Å². The molecule has 1 aliphatic heterocycles. The highest BCUT2D eigenvalue weighted by Gasteiger charge is 2.26. The Hall–Kier alpha value is -5.16. The van der Waals surface area contributed by atoms with Crippen molar-refractivity contribution in [3.63, 3.8) is 0 Å². The fourth-order valence-corrected chi connectivity index (χ4v) is 6.28. The van der Waals surface area contributed by atoms with E-state index < -0.39 is 21.7 Å². The molecule has 0 unspecified atom stereocenters. The van der Waals surface area contributed by atoms with Crippen LogP contribution in [-0.4, -0.2) is 43.1 Å². The molecule has 0 atom stereocenters. The van der Waals surface area contributed by atoms with Gasteiger partial charge in [0.15, 0.2) is 0 Å². The summed E-state index contributed by atoms with van der Waals surface area (Å²) in [7, 11) is -2.18. The molecule has 7 rings (SSSR count). The lowest BCUT2D eigenvalue weighted by molar-refractivity contribution is 0.0964. The zero-order valence-corrected chi connectivity index (χ0v) is 24.7. The van der Waals surface area contributed by atoms with E-state index in [1.807, 2.05) is 47.0 Å². The number of pyridine rings is 1. The van der Waals surface area contributed by atoms with Crippen LogP contribution >= 0.6 is 0 Å². The van der Waals surface area contributed by atoms with Gasteiger partial charge in [0.05, 0.1) is 35.0 Å². The molecule has 4 heterocycles. The zero-order chi connectivity index (χ0) is 30.6. The fourth-order valence-electron chi connectivity index (χ4n) is 5.63. The van der Waals surface area contributed by atoms with Crippen LogP contribution < -0.4 is 14.8 Å². The van der Waals surface area contributed by atoms with E-state index in [-0.39, 0.29) is 22.8 Å². The van der Waals surface area contributed by atoms with E-state index in [4.69, 9.17) is 14.1 Å². The number of halogens is 1. The van der Waals surface area contributed by atoms with Crippen molar-refractivity contribution in [2.24, 2.45) is 0 Å². The predicted molar refractivity (Wildman–Crippen MR) is 167 cm³/mol. The Balaban J connectivity index is 1.48. The van der Waals surface area contributed by atoms with Crippen LogP contribution in [0, 0.1) is 5.82 Å². The minimum absolute atomic E-state index is 0.143. The highest BCUT2D eigenvalue weighted by molar-refractivity contribution is 7.92. The normalized spacial score (nSPS) is 12.8. The smallest absolute Gasteiger partial charge is 0.255 e. The Kier molecular flexibility index (Phi) is 6.62. The summed E-state index contributed by atoms with van der Waals surface area (Å²) in [6.07, 6.45) is 2.63. The van der Waals surface area contributed by atoms with Crippen LogP contribution in [-0.2, 0) is 16.4 Å². The van der Waals surface area contributed by atoms with E-state index in [1.165, 1.54) is 31.3 Å². The van der Waals surface area contributed by atoms with Crippen molar-refractivity contribution < 1.29 is 26.8 Å². The van der Waals surface area contributed by atoms with Gasteiger partial charge in [0, 0.05) is 47.8 Å². The fraction of sp³-hybridized carbons (Fsp3) is 0.152. The van der Waals surface area contributed by atoms with Crippen molar-refractivity contribution in [2.75, 3.05) is 24.1 Å². The lowest BCUT2D eigenvalue weighted by Gasteiger charge is -2.15.